The summed E-state index contributed by atoms with van der Waals surface area (Å²) in [5, 5.41) is 6.55. The van der Waals surface area contributed by atoms with E-state index >= 15 is 0 Å². The zero-order valence-corrected chi connectivity index (χ0v) is 10.0. The summed E-state index contributed by atoms with van der Waals surface area (Å²) in [6, 6.07) is 11.0. The predicted octanol–water partition coefficient (Wildman–Crippen LogP) is 3.15. The first-order valence-electron chi connectivity index (χ1n) is 6.09. The zero-order valence-electron chi connectivity index (χ0n) is 10.0. The van der Waals surface area contributed by atoms with Crippen LogP contribution in [0.2, 0.25) is 0 Å². The molecule has 0 aromatic heterocycles. The Kier molecular flexibility index (Phi) is 2.36. The molecule has 0 bridgehead atoms. The van der Waals surface area contributed by atoms with Crippen LogP contribution in [-0.2, 0) is 6.42 Å². The molecule has 1 aliphatic carbocycles. The Morgan fingerprint density at radius 1 is 1.12 bits per heavy atom. The SMILES string of the molecule is Cc1ccc2c3c(ccc2c1)CCC/C3=N\N. The van der Waals surface area contributed by atoms with E-state index in [-0.39, 0.29) is 0 Å². The van der Waals surface area contributed by atoms with Gasteiger partial charge in [-0.05, 0) is 42.5 Å². The Labute approximate surface area is 101 Å². The molecule has 2 heteroatoms. The lowest BCUT2D eigenvalue weighted by atomic mass is 9.86. The van der Waals surface area contributed by atoms with Crippen molar-refractivity contribution in [3.8, 4) is 0 Å². The highest BCUT2D eigenvalue weighted by Crippen LogP contribution is 2.29. The van der Waals surface area contributed by atoms with Gasteiger partial charge in [0.1, 0.15) is 0 Å². The van der Waals surface area contributed by atoms with E-state index in [1.165, 1.54) is 27.5 Å². The molecule has 2 aromatic carbocycles. The lowest BCUT2D eigenvalue weighted by Crippen LogP contribution is -2.14. The maximum Gasteiger partial charge on any atom is 0.0681 e. The maximum absolute atomic E-state index is 5.53. The normalized spacial score (nSPS) is 17.4. The Balaban J connectivity index is 2.37. The van der Waals surface area contributed by atoms with Crippen LogP contribution in [0.15, 0.2) is 35.4 Å². The van der Waals surface area contributed by atoms with Gasteiger partial charge in [-0.1, -0.05) is 35.9 Å². The van der Waals surface area contributed by atoms with Crippen molar-refractivity contribution in [2.75, 3.05) is 0 Å². The molecule has 2 nitrogen and oxygen atoms in total. The molecule has 0 radical (unpaired) electrons. The quantitative estimate of drug-likeness (QED) is 0.542. The summed E-state index contributed by atoms with van der Waals surface area (Å²) in [5.41, 5.74) is 5.01. The summed E-state index contributed by atoms with van der Waals surface area (Å²) >= 11 is 0. The highest BCUT2D eigenvalue weighted by atomic mass is 15.1. The van der Waals surface area contributed by atoms with Crippen LogP contribution in [0.3, 0.4) is 0 Å². The average Bonchev–Trinajstić information content (AvgIpc) is 2.37. The first kappa shape index (κ1) is 10.3. The minimum Gasteiger partial charge on any atom is -0.323 e. The van der Waals surface area contributed by atoms with Crippen molar-refractivity contribution in [2.24, 2.45) is 10.9 Å². The summed E-state index contributed by atoms with van der Waals surface area (Å²) in [5.74, 6) is 5.53. The van der Waals surface area contributed by atoms with Crippen LogP contribution in [0.25, 0.3) is 10.8 Å². The van der Waals surface area contributed by atoms with Gasteiger partial charge in [0.25, 0.3) is 0 Å². The molecule has 2 N–H and O–H groups in total. The van der Waals surface area contributed by atoms with E-state index < -0.39 is 0 Å². The van der Waals surface area contributed by atoms with E-state index in [0.717, 1.165) is 25.0 Å². The van der Waals surface area contributed by atoms with E-state index in [0.29, 0.717) is 0 Å². The average molecular weight is 224 g/mol. The summed E-state index contributed by atoms with van der Waals surface area (Å²) in [6.45, 7) is 2.12. The van der Waals surface area contributed by atoms with E-state index in [1.807, 2.05) is 0 Å². The van der Waals surface area contributed by atoms with E-state index in [4.69, 9.17) is 5.84 Å². The second kappa shape index (κ2) is 3.88. The van der Waals surface area contributed by atoms with Crippen molar-refractivity contribution < 1.29 is 0 Å². The van der Waals surface area contributed by atoms with Gasteiger partial charge in [-0.2, -0.15) is 5.10 Å². The molecule has 0 unspecified atom stereocenters. The minimum absolute atomic E-state index is 0.997. The van der Waals surface area contributed by atoms with Gasteiger partial charge >= 0.3 is 0 Å². The number of aryl methyl sites for hydroxylation is 2. The summed E-state index contributed by atoms with van der Waals surface area (Å²) in [4.78, 5) is 0. The van der Waals surface area contributed by atoms with E-state index in [9.17, 15) is 0 Å². The van der Waals surface area contributed by atoms with Crippen molar-refractivity contribution in [1.82, 2.24) is 0 Å². The molecule has 86 valence electrons. The summed E-state index contributed by atoms with van der Waals surface area (Å²) < 4.78 is 0. The van der Waals surface area contributed by atoms with Crippen LogP contribution in [-0.4, -0.2) is 5.71 Å². The Bertz CT molecular complexity index is 612. The van der Waals surface area contributed by atoms with Crippen LogP contribution in [0.4, 0.5) is 0 Å². The first-order chi connectivity index (χ1) is 8.29. The van der Waals surface area contributed by atoms with Gasteiger partial charge in [0, 0.05) is 5.56 Å². The molecule has 0 aliphatic heterocycles. The monoisotopic (exact) mass is 224 g/mol. The van der Waals surface area contributed by atoms with Gasteiger partial charge in [0.15, 0.2) is 0 Å². The number of nitrogens with zero attached hydrogens (tertiary/aromatic N) is 1. The van der Waals surface area contributed by atoms with E-state index in [2.05, 4.69) is 42.4 Å². The standard InChI is InChI=1S/C15H16N2/c1-10-5-8-13-12(9-10)7-6-11-3-2-4-14(17-16)15(11)13/h5-9H,2-4,16H2,1H3/b17-14+. The molecule has 0 heterocycles. The number of rotatable bonds is 0. The van der Waals surface area contributed by atoms with Crippen molar-refractivity contribution in [1.29, 1.82) is 0 Å². The molecule has 17 heavy (non-hydrogen) atoms. The minimum atomic E-state index is 0.997. The second-order valence-electron chi connectivity index (χ2n) is 4.75. The number of benzene rings is 2. The summed E-state index contributed by atoms with van der Waals surface area (Å²) in [7, 11) is 0. The molecule has 0 spiro atoms. The maximum atomic E-state index is 5.53. The molecule has 0 atom stereocenters. The van der Waals surface area contributed by atoms with Crippen molar-refractivity contribution >= 4 is 16.5 Å². The molecule has 0 saturated heterocycles. The van der Waals surface area contributed by atoms with Crippen LogP contribution in [0, 0.1) is 6.92 Å². The van der Waals surface area contributed by atoms with Gasteiger partial charge in [0.05, 0.1) is 5.71 Å². The fourth-order valence-corrected chi connectivity index (χ4v) is 2.74. The predicted molar refractivity (Wildman–Crippen MR) is 72.3 cm³/mol. The number of hydrogen-bond acceptors (Lipinski definition) is 2. The van der Waals surface area contributed by atoms with Crippen LogP contribution in [0.5, 0.6) is 0 Å². The smallest absolute Gasteiger partial charge is 0.0681 e. The fourth-order valence-electron chi connectivity index (χ4n) is 2.74. The molecule has 0 saturated carbocycles. The lowest BCUT2D eigenvalue weighted by Gasteiger charge is -2.19. The Morgan fingerprint density at radius 2 is 2.00 bits per heavy atom. The van der Waals surface area contributed by atoms with Gasteiger partial charge in [-0.15, -0.1) is 0 Å². The fraction of sp³-hybridized carbons (Fsp3) is 0.267. The van der Waals surface area contributed by atoms with Crippen molar-refractivity contribution in [2.45, 2.75) is 26.2 Å². The van der Waals surface area contributed by atoms with E-state index in [1.54, 1.807) is 0 Å². The third kappa shape index (κ3) is 1.60. The number of hydrazone groups is 1. The van der Waals surface area contributed by atoms with Crippen LogP contribution >= 0.6 is 0 Å². The molecular weight excluding hydrogens is 208 g/mol. The topological polar surface area (TPSA) is 38.4 Å². The van der Waals surface area contributed by atoms with Crippen molar-refractivity contribution in [3.05, 3.63) is 47.0 Å². The van der Waals surface area contributed by atoms with Gasteiger partial charge in [-0.25, -0.2) is 0 Å². The number of hydrogen-bond donors (Lipinski definition) is 1. The largest absolute Gasteiger partial charge is 0.323 e. The second-order valence-corrected chi connectivity index (χ2v) is 4.75. The highest BCUT2D eigenvalue weighted by molar-refractivity contribution is 6.12. The van der Waals surface area contributed by atoms with Crippen LogP contribution < -0.4 is 5.84 Å². The first-order valence-corrected chi connectivity index (χ1v) is 6.09. The lowest BCUT2D eigenvalue weighted by molar-refractivity contribution is 0.837. The molecular formula is C15H16N2. The zero-order chi connectivity index (χ0) is 11.8. The molecule has 0 fully saturated rings. The van der Waals surface area contributed by atoms with Gasteiger partial charge in [-0.3, -0.25) is 0 Å². The summed E-state index contributed by atoms with van der Waals surface area (Å²) in [6.07, 6.45) is 3.29. The third-order valence-corrected chi connectivity index (χ3v) is 3.57. The Hall–Kier alpha value is -1.83. The van der Waals surface area contributed by atoms with Crippen LogP contribution in [0.1, 0.15) is 29.5 Å². The number of fused-ring (bicyclic) bond motifs is 3. The Morgan fingerprint density at radius 3 is 2.82 bits per heavy atom. The van der Waals surface area contributed by atoms with Gasteiger partial charge < -0.3 is 5.84 Å². The highest BCUT2D eigenvalue weighted by Gasteiger charge is 2.17. The molecule has 2 aromatic rings. The molecule has 1 aliphatic rings. The third-order valence-electron chi connectivity index (χ3n) is 3.57. The molecule has 3 rings (SSSR count). The number of nitrogens with two attached hydrogens (primary N) is 1. The van der Waals surface area contributed by atoms with Crippen molar-refractivity contribution in [3.63, 3.8) is 0 Å². The molecule has 0 amide bonds. The van der Waals surface area contributed by atoms with Gasteiger partial charge in [0.2, 0.25) is 0 Å².